The summed E-state index contributed by atoms with van der Waals surface area (Å²) in [7, 11) is 0. The van der Waals surface area contributed by atoms with Crippen LogP contribution in [-0.4, -0.2) is 35.1 Å². The number of allylic oxidation sites excluding steroid dienone is 1. The number of H-pyrrole nitrogens is 1. The molecule has 0 amide bonds. The highest BCUT2D eigenvalue weighted by Gasteiger charge is 2.37. The van der Waals surface area contributed by atoms with Crippen LogP contribution in [0, 0.1) is 11.3 Å². The number of imidazole rings is 1. The average molecular weight is 392 g/mol. The molecular formula is C20H20N6OS. The Labute approximate surface area is 166 Å². The predicted molar refractivity (Wildman–Crippen MR) is 107 cm³/mol. The summed E-state index contributed by atoms with van der Waals surface area (Å²) >= 11 is 1.45. The van der Waals surface area contributed by atoms with Gasteiger partial charge >= 0.3 is 0 Å². The van der Waals surface area contributed by atoms with Gasteiger partial charge in [0.25, 0.3) is 0 Å². The largest absolute Gasteiger partial charge is 0.510 e. The van der Waals surface area contributed by atoms with Crippen molar-refractivity contribution in [1.29, 1.82) is 5.26 Å². The van der Waals surface area contributed by atoms with Gasteiger partial charge in [-0.15, -0.1) is 10.2 Å². The van der Waals surface area contributed by atoms with Crippen molar-refractivity contribution in [2.24, 2.45) is 0 Å². The summed E-state index contributed by atoms with van der Waals surface area (Å²) in [6, 6.07) is 10.2. The second-order valence-corrected chi connectivity index (χ2v) is 8.76. The van der Waals surface area contributed by atoms with Crippen molar-refractivity contribution in [1.82, 2.24) is 24.7 Å². The quantitative estimate of drug-likeness (QED) is 0.367. The Morgan fingerprint density at radius 2 is 2.07 bits per heavy atom. The maximum atomic E-state index is 10.8. The molecule has 5 rings (SSSR count). The first-order valence-corrected chi connectivity index (χ1v) is 10.4. The molecule has 2 saturated carbocycles. The second-order valence-electron chi connectivity index (χ2n) is 7.45. The number of aromatic nitrogens is 5. The molecule has 7 nitrogen and oxygen atoms in total. The Balaban J connectivity index is 1.45. The lowest BCUT2D eigenvalue weighted by molar-refractivity contribution is 0.401. The van der Waals surface area contributed by atoms with Crippen molar-refractivity contribution < 1.29 is 5.11 Å². The monoisotopic (exact) mass is 392 g/mol. The Morgan fingerprint density at radius 1 is 1.29 bits per heavy atom. The van der Waals surface area contributed by atoms with Crippen LogP contribution >= 0.6 is 11.8 Å². The van der Waals surface area contributed by atoms with E-state index >= 15 is 0 Å². The fraction of sp³-hybridized carbons (Fsp3) is 0.400. The molecule has 0 bridgehead atoms. The standard InChI is InChI=1S/C20H20N6OS/c1-11(28-20-25-24-19(12-6-7-12)26(20)13-8-9-13)17(27)14(10-21)18-22-15-4-2-3-5-16(15)23-18/h2-5,11-13,27H,6-9H2,1H3,(H,22,23)/b17-14-/t11-/m0/s1. The van der Waals surface area contributed by atoms with Crippen LogP contribution in [-0.2, 0) is 0 Å². The number of benzene rings is 1. The van der Waals surface area contributed by atoms with Crippen molar-refractivity contribution in [3.8, 4) is 6.07 Å². The van der Waals surface area contributed by atoms with E-state index in [4.69, 9.17) is 0 Å². The lowest BCUT2D eigenvalue weighted by Crippen LogP contribution is -2.08. The lowest BCUT2D eigenvalue weighted by atomic mass is 10.2. The smallest absolute Gasteiger partial charge is 0.192 e. The normalized spacial score (nSPS) is 18.7. The Morgan fingerprint density at radius 3 is 2.75 bits per heavy atom. The number of aliphatic hydroxyl groups excluding tert-OH is 1. The molecule has 0 unspecified atom stereocenters. The van der Waals surface area contributed by atoms with Crippen LogP contribution in [0.1, 0.15) is 56.2 Å². The Hall–Kier alpha value is -2.79. The van der Waals surface area contributed by atoms with Gasteiger partial charge in [-0.2, -0.15) is 5.26 Å². The fourth-order valence-corrected chi connectivity index (χ4v) is 4.37. The molecule has 2 aliphatic carbocycles. The number of fused-ring (bicyclic) bond motifs is 1. The zero-order chi connectivity index (χ0) is 19.3. The number of aromatic amines is 1. The van der Waals surface area contributed by atoms with Gasteiger partial charge in [-0.1, -0.05) is 23.9 Å². The van der Waals surface area contributed by atoms with Crippen molar-refractivity contribution >= 4 is 28.4 Å². The molecule has 0 saturated heterocycles. The molecule has 1 atom stereocenters. The molecule has 2 fully saturated rings. The first-order chi connectivity index (χ1) is 13.7. The molecule has 8 heteroatoms. The van der Waals surface area contributed by atoms with Gasteiger partial charge in [0.05, 0.1) is 16.3 Å². The molecule has 142 valence electrons. The van der Waals surface area contributed by atoms with Gasteiger partial charge < -0.3 is 14.7 Å². The molecule has 2 aliphatic rings. The molecule has 2 aromatic heterocycles. The molecular weight excluding hydrogens is 372 g/mol. The molecule has 2 N–H and O–H groups in total. The fourth-order valence-electron chi connectivity index (χ4n) is 3.38. The number of para-hydroxylation sites is 2. The minimum absolute atomic E-state index is 0.00451. The number of hydrogen-bond acceptors (Lipinski definition) is 6. The van der Waals surface area contributed by atoms with Crippen LogP contribution in [0.4, 0.5) is 0 Å². The van der Waals surface area contributed by atoms with Crippen LogP contribution in [0.3, 0.4) is 0 Å². The van der Waals surface area contributed by atoms with Gasteiger partial charge in [0.2, 0.25) is 0 Å². The third kappa shape index (κ3) is 3.06. The summed E-state index contributed by atoms with van der Waals surface area (Å²) < 4.78 is 2.25. The molecule has 28 heavy (non-hydrogen) atoms. The maximum Gasteiger partial charge on any atom is 0.192 e. The number of hydrogen-bond donors (Lipinski definition) is 2. The molecule has 3 aromatic rings. The van der Waals surface area contributed by atoms with E-state index in [-0.39, 0.29) is 16.6 Å². The van der Waals surface area contributed by atoms with Crippen LogP contribution in [0.25, 0.3) is 16.6 Å². The van der Waals surface area contributed by atoms with Crippen LogP contribution in [0.2, 0.25) is 0 Å². The van der Waals surface area contributed by atoms with Gasteiger partial charge in [0.15, 0.2) is 11.0 Å². The van der Waals surface area contributed by atoms with Crippen molar-refractivity contribution in [2.75, 3.05) is 0 Å². The number of thioether (sulfide) groups is 1. The first kappa shape index (κ1) is 17.3. The van der Waals surface area contributed by atoms with Crippen LogP contribution in [0.5, 0.6) is 0 Å². The molecule has 1 aromatic carbocycles. The van der Waals surface area contributed by atoms with Gasteiger partial charge in [-0.25, -0.2) is 4.98 Å². The Bertz CT molecular complexity index is 1080. The maximum absolute atomic E-state index is 10.8. The van der Waals surface area contributed by atoms with Gasteiger partial charge in [-0.3, -0.25) is 0 Å². The van der Waals surface area contributed by atoms with E-state index < -0.39 is 0 Å². The Kier molecular flexibility index (Phi) is 4.13. The number of aliphatic hydroxyl groups is 1. The summed E-state index contributed by atoms with van der Waals surface area (Å²) in [6.45, 7) is 1.88. The summed E-state index contributed by atoms with van der Waals surface area (Å²) in [5.74, 6) is 2.01. The zero-order valence-electron chi connectivity index (χ0n) is 15.5. The number of nitrogens with one attached hydrogen (secondary N) is 1. The number of nitriles is 1. The number of rotatable bonds is 6. The average Bonchev–Trinajstić information content (AvgIpc) is 3.63. The first-order valence-electron chi connectivity index (χ1n) is 9.55. The topological polar surface area (TPSA) is 103 Å². The van der Waals surface area contributed by atoms with Crippen molar-refractivity contribution in [3.05, 3.63) is 41.7 Å². The minimum atomic E-state index is -0.336. The van der Waals surface area contributed by atoms with Crippen LogP contribution < -0.4 is 0 Å². The second kappa shape index (κ2) is 6.67. The highest BCUT2D eigenvalue weighted by atomic mass is 32.2. The summed E-state index contributed by atoms with van der Waals surface area (Å²) in [6.07, 6.45) is 4.68. The third-order valence-corrected chi connectivity index (χ3v) is 6.27. The van der Waals surface area contributed by atoms with E-state index in [1.165, 1.54) is 24.6 Å². The molecule has 0 radical (unpaired) electrons. The summed E-state index contributed by atoms with van der Waals surface area (Å²) in [4.78, 5) is 7.57. The van der Waals surface area contributed by atoms with Crippen molar-refractivity contribution in [3.63, 3.8) is 0 Å². The minimum Gasteiger partial charge on any atom is -0.510 e. The zero-order valence-corrected chi connectivity index (χ0v) is 16.3. The van der Waals surface area contributed by atoms with E-state index in [1.54, 1.807) is 0 Å². The summed E-state index contributed by atoms with van der Waals surface area (Å²) in [5, 5.41) is 29.8. The molecule has 0 spiro atoms. The van der Waals surface area contributed by atoms with Crippen LogP contribution in [0.15, 0.2) is 35.2 Å². The van der Waals surface area contributed by atoms with Gasteiger partial charge in [-0.05, 0) is 44.7 Å². The third-order valence-electron chi connectivity index (χ3n) is 5.21. The van der Waals surface area contributed by atoms with E-state index in [2.05, 4.69) is 30.8 Å². The highest BCUT2D eigenvalue weighted by molar-refractivity contribution is 7.99. The lowest BCUT2D eigenvalue weighted by Gasteiger charge is -2.13. The van der Waals surface area contributed by atoms with E-state index in [0.717, 1.165) is 34.9 Å². The van der Waals surface area contributed by atoms with Crippen molar-refractivity contribution in [2.45, 2.75) is 55.0 Å². The molecule has 0 aliphatic heterocycles. The van der Waals surface area contributed by atoms with Gasteiger partial charge in [0, 0.05) is 12.0 Å². The van der Waals surface area contributed by atoms with E-state index in [0.29, 0.717) is 17.8 Å². The SMILES string of the molecule is C[C@H](Sc1nnc(C2CC2)n1C1CC1)/C(O)=C(\C#N)c1nc2ccccc2[nH]1. The van der Waals surface area contributed by atoms with Gasteiger partial charge in [0.1, 0.15) is 23.2 Å². The predicted octanol–water partition coefficient (Wildman–Crippen LogP) is 4.34. The summed E-state index contributed by atoms with van der Waals surface area (Å²) in [5.41, 5.74) is 1.76. The van der Waals surface area contributed by atoms with E-state index in [9.17, 15) is 10.4 Å². The highest BCUT2D eigenvalue weighted by Crippen LogP contribution is 2.46. The molecule has 2 heterocycles. The number of nitrogens with zero attached hydrogens (tertiary/aromatic N) is 5. The van der Waals surface area contributed by atoms with E-state index in [1.807, 2.05) is 31.2 Å².